The lowest BCUT2D eigenvalue weighted by molar-refractivity contribution is -0.192. The molecule has 2 unspecified atom stereocenters. The Balaban J connectivity index is 1.37. The molecule has 3 aromatic rings. The van der Waals surface area contributed by atoms with E-state index < -0.39 is 34.6 Å². The molecule has 3 aromatic heterocycles. The molecule has 2 bridgehead atoms. The summed E-state index contributed by atoms with van der Waals surface area (Å²) in [5, 5.41) is 27.3. The van der Waals surface area contributed by atoms with Crippen LogP contribution in [-0.2, 0) is 16.1 Å². The van der Waals surface area contributed by atoms with Gasteiger partial charge in [0.1, 0.15) is 17.5 Å². The number of esters is 1. The molecule has 3 fully saturated rings. The SMILES string of the molecule is C=C[C@]1(C)C[C@@H](OC(=O)c2cccn(Cc3ccc4nnnn4n3)c2=O)[C@@]2(C)C3C(=O)CCC3(CC[C@H]2C)[C@@H](C)[C@@H]1O. The number of nitrogens with zero attached hydrogens (tertiary/aromatic N) is 6. The first-order valence-electron chi connectivity index (χ1n) is 14.7. The molecule has 6 rings (SSSR count). The zero-order chi connectivity index (χ0) is 30.0. The van der Waals surface area contributed by atoms with Gasteiger partial charge in [0, 0.05) is 29.4 Å². The van der Waals surface area contributed by atoms with E-state index >= 15 is 0 Å². The van der Waals surface area contributed by atoms with Crippen molar-refractivity contribution in [3.63, 3.8) is 0 Å². The van der Waals surface area contributed by atoms with Crippen LogP contribution in [0.15, 0.2) is 47.9 Å². The number of ketones is 1. The monoisotopic (exact) mass is 574 g/mol. The molecule has 0 aliphatic heterocycles. The first kappa shape index (κ1) is 28.4. The molecule has 0 spiro atoms. The lowest BCUT2D eigenvalue weighted by Crippen LogP contribution is -2.63. The fourth-order valence-corrected chi connectivity index (χ4v) is 8.46. The molecule has 0 amide bonds. The van der Waals surface area contributed by atoms with E-state index in [0.29, 0.717) is 24.2 Å². The van der Waals surface area contributed by atoms with Crippen molar-refractivity contribution in [2.75, 3.05) is 0 Å². The zero-order valence-electron chi connectivity index (χ0n) is 24.6. The van der Waals surface area contributed by atoms with Gasteiger partial charge < -0.3 is 14.4 Å². The molecule has 3 aliphatic carbocycles. The summed E-state index contributed by atoms with van der Waals surface area (Å²) >= 11 is 0. The summed E-state index contributed by atoms with van der Waals surface area (Å²) in [6.45, 7) is 12.4. The summed E-state index contributed by atoms with van der Waals surface area (Å²) in [5.74, 6) is -0.937. The summed E-state index contributed by atoms with van der Waals surface area (Å²) in [4.78, 5) is 41.0. The van der Waals surface area contributed by atoms with Gasteiger partial charge in [-0.1, -0.05) is 33.8 Å². The van der Waals surface area contributed by atoms with Crippen molar-refractivity contribution < 1.29 is 19.4 Å². The maximum absolute atomic E-state index is 13.8. The average molecular weight is 575 g/mol. The van der Waals surface area contributed by atoms with E-state index in [1.807, 2.05) is 6.92 Å². The van der Waals surface area contributed by atoms with Crippen LogP contribution in [0, 0.1) is 34.0 Å². The minimum absolute atomic E-state index is 0.0895. The van der Waals surface area contributed by atoms with Gasteiger partial charge in [-0.25, -0.2) is 4.79 Å². The van der Waals surface area contributed by atoms with Gasteiger partial charge in [0.15, 0.2) is 5.65 Å². The second kappa shape index (κ2) is 9.93. The fraction of sp³-hybridized carbons (Fsp3) is 0.581. The topological polar surface area (TPSA) is 142 Å². The summed E-state index contributed by atoms with van der Waals surface area (Å²) in [6, 6.07) is 6.50. The van der Waals surface area contributed by atoms with Crippen molar-refractivity contribution in [2.45, 2.75) is 78.6 Å². The molecule has 3 aliphatic rings. The Labute approximate surface area is 244 Å². The molecule has 0 aromatic carbocycles. The van der Waals surface area contributed by atoms with E-state index in [2.05, 4.69) is 48.0 Å². The highest BCUT2D eigenvalue weighted by atomic mass is 16.5. The largest absolute Gasteiger partial charge is 0.458 e. The van der Waals surface area contributed by atoms with Crippen LogP contribution in [0.4, 0.5) is 0 Å². The molecule has 11 heteroatoms. The molecule has 3 heterocycles. The second-order valence-electron chi connectivity index (χ2n) is 13.2. The average Bonchev–Trinajstić information content (AvgIpc) is 3.59. The van der Waals surface area contributed by atoms with E-state index in [1.54, 1.807) is 30.5 Å². The van der Waals surface area contributed by atoms with Gasteiger partial charge in [0.05, 0.1) is 18.3 Å². The summed E-state index contributed by atoms with van der Waals surface area (Å²) in [5.41, 5.74) is -1.41. The number of ether oxygens (including phenoxy) is 1. The number of carbonyl (C=O) groups is 2. The van der Waals surface area contributed by atoms with Crippen LogP contribution in [0.2, 0.25) is 0 Å². The van der Waals surface area contributed by atoms with Crippen LogP contribution in [0.5, 0.6) is 0 Å². The van der Waals surface area contributed by atoms with Crippen LogP contribution < -0.4 is 5.56 Å². The minimum atomic E-state index is -0.762. The quantitative estimate of drug-likeness (QED) is 0.359. The Morgan fingerprint density at radius 1 is 1.21 bits per heavy atom. The number of pyridine rings is 1. The van der Waals surface area contributed by atoms with Crippen LogP contribution in [0.1, 0.15) is 75.9 Å². The molecular formula is C31H38N6O5. The third-order valence-electron chi connectivity index (χ3n) is 11.2. The van der Waals surface area contributed by atoms with Gasteiger partial charge in [-0.3, -0.25) is 9.59 Å². The van der Waals surface area contributed by atoms with Crippen molar-refractivity contribution in [3.05, 3.63) is 64.7 Å². The van der Waals surface area contributed by atoms with E-state index in [1.165, 1.54) is 15.3 Å². The van der Waals surface area contributed by atoms with Crippen molar-refractivity contribution in [1.82, 2.24) is 29.8 Å². The zero-order valence-corrected chi connectivity index (χ0v) is 24.6. The number of carbonyl (C=O) groups excluding carboxylic acids is 2. The number of hydrogen-bond donors (Lipinski definition) is 1. The Kier molecular flexibility index (Phi) is 6.71. The predicted molar refractivity (Wildman–Crippen MR) is 152 cm³/mol. The summed E-state index contributed by atoms with van der Waals surface area (Å²) < 4.78 is 8.99. The lowest BCUT2D eigenvalue weighted by Gasteiger charge is -2.61. The molecule has 1 N–H and O–H groups in total. The Morgan fingerprint density at radius 2 is 2.00 bits per heavy atom. The lowest BCUT2D eigenvalue weighted by atomic mass is 9.44. The number of Topliss-reactive ketones (excluding diaryl/α,β-unsaturated/α-hetero) is 1. The number of aliphatic hydroxyl groups is 1. The number of rotatable bonds is 5. The smallest absolute Gasteiger partial charge is 0.344 e. The molecule has 42 heavy (non-hydrogen) atoms. The number of hydrogen-bond acceptors (Lipinski definition) is 9. The van der Waals surface area contributed by atoms with Crippen molar-refractivity contribution in [1.29, 1.82) is 0 Å². The van der Waals surface area contributed by atoms with Crippen LogP contribution in [-0.4, -0.2) is 58.9 Å². The van der Waals surface area contributed by atoms with Crippen LogP contribution in [0.25, 0.3) is 5.65 Å². The molecule has 11 nitrogen and oxygen atoms in total. The maximum Gasteiger partial charge on any atom is 0.344 e. The third kappa shape index (κ3) is 4.07. The molecule has 3 saturated carbocycles. The minimum Gasteiger partial charge on any atom is -0.458 e. The highest BCUT2D eigenvalue weighted by molar-refractivity contribution is 5.89. The van der Waals surface area contributed by atoms with E-state index in [0.717, 1.165) is 19.3 Å². The maximum atomic E-state index is 13.8. The molecule has 8 atom stereocenters. The third-order valence-corrected chi connectivity index (χ3v) is 11.2. The number of aromatic nitrogens is 6. The standard InChI is InChI=1S/C31H38N6O5/c1-6-29(4)16-23(30(5)18(2)11-13-31(19(3)26(29)39)14-12-22(38)25(30)31)42-28(41)21-8-7-15-36(27(21)40)17-20-9-10-24-32-34-35-37(24)33-20/h6-10,15,18-19,23,25-26,39H,1,11-14,16-17H2,2-5H3/t18-,19+,23-,25?,26+,29-,30+,31?/m1/s1. The van der Waals surface area contributed by atoms with E-state index in [4.69, 9.17) is 4.74 Å². The van der Waals surface area contributed by atoms with Gasteiger partial charge in [0.25, 0.3) is 5.56 Å². The van der Waals surface area contributed by atoms with Crippen LogP contribution >= 0.6 is 0 Å². The van der Waals surface area contributed by atoms with Gasteiger partial charge in [-0.05, 0) is 77.6 Å². The highest BCUT2D eigenvalue weighted by Crippen LogP contribution is 2.68. The normalized spacial score (nSPS) is 36.2. The van der Waals surface area contributed by atoms with Gasteiger partial charge in [0.2, 0.25) is 0 Å². The highest BCUT2D eigenvalue weighted by Gasteiger charge is 2.68. The van der Waals surface area contributed by atoms with Crippen molar-refractivity contribution in [3.8, 4) is 0 Å². The summed E-state index contributed by atoms with van der Waals surface area (Å²) in [7, 11) is 0. The first-order valence-corrected chi connectivity index (χ1v) is 14.7. The van der Waals surface area contributed by atoms with E-state index in [-0.39, 0.29) is 41.1 Å². The predicted octanol–water partition coefficient (Wildman–Crippen LogP) is 3.25. The Hall–Kier alpha value is -3.73. The molecule has 0 radical (unpaired) electrons. The Bertz CT molecular complexity index is 1630. The van der Waals surface area contributed by atoms with E-state index in [9.17, 15) is 19.5 Å². The number of aliphatic hydroxyl groups excluding tert-OH is 1. The molecule has 222 valence electrons. The Morgan fingerprint density at radius 3 is 2.76 bits per heavy atom. The molecular weight excluding hydrogens is 536 g/mol. The second-order valence-corrected chi connectivity index (χ2v) is 13.2. The van der Waals surface area contributed by atoms with Gasteiger partial charge in [-0.2, -0.15) is 5.10 Å². The fourth-order valence-electron chi connectivity index (χ4n) is 8.46. The first-order chi connectivity index (χ1) is 19.9. The van der Waals surface area contributed by atoms with Crippen molar-refractivity contribution >= 4 is 17.4 Å². The van der Waals surface area contributed by atoms with Gasteiger partial charge >= 0.3 is 5.97 Å². The molecule has 0 saturated heterocycles. The van der Waals surface area contributed by atoms with Crippen molar-refractivity contribution in [2.24, 2.45) is 34.0 Å². The number of fused-ring (bicyclic) bond motifs is 1. The van der Waals surface area contributed by atoms with Crippen LogP contribution in [0.3, 0.4) is 0 Å². The van der Waals surface area contributed by atoms with Gasteiger partial charge in [-0.15, -0.1) is 16.3 Å². The number of tetrazole rings is 1. The summed E-state index contributed by atoms with van der Waals surface area (Å²) in [6.07, 6.45) is 5.07.